The number of rotatable bonds is 5. The summed E-state index contributed by atoms with van der Waals surface area (Å²) in [7, 11) is 0. The number of nitrogens with one attached hydrogen (secondary N) is 3. The minimum absolute atomic E-state index is 0.0980. The zero-order chi connectivity index (χ0) is 18.8. The summed E-state index contributed by atoms with van der Waals surface area (Å²) in [5, 5.41) is 12.1. The normalized spacial score (nSPS) is 23.8. The topological polar surface area (TPSA) is 70.2 Å². The summed E-state index contributed by atoms with van der Waals surface area (Å²) in [5.41, 5.74) is 2.34. The number of anilines is 1. The quantitative estimate of drug-likeness (QED) is 0.739. The minimum atomic E-state index is -0.186. The van der Waals surface area contributed by atoms with Crippen molar-refractivity contribution in [1.82, 2.24) is 10.6 Å². The lowest BCUT2D eigenvalue weighted by Gasteiger charge is -2.29. The van der Waals surface area contributed by atoms with E-state index in [0.29, 0.717) is 28.2 Å². The Hall–Kier alpha value is -2.18. The van der Waals surface area contributed by atoms with E-state index in [1.54, 1.807) is 6.07 Å². The molecule has 0 radical (unpaired) electrons. The highest BCUT2D eigenvalue weighted by Gasteiger charge is 2.34. The Balaban J connectivity index is 1.41. The first-order chi connectivity index (χ1) is 13.1. The second-order valence-corrected chi connectivity index (χ2v) is 8.36. The molecular formula is C21H25N3O2S. The Morgan fingerprint density at radius 1 is 1.07 bits per heavy atom. The predicted octanol–water partition coefficient (Wildman–Crippen LogP) is 3.58. The molecule has 5 nitrogen and oxygen atoms in total. The number of hydrogen-bond acceptors (Lipinski definition) is 4. The highest BCUT2D eigenvalue weighted by atomic mass is 32.1. The molecule has 2 saturated heterocycles. The lowest BCUT2D eigenvalue weighted by molar-refractivity contribution is 0.0925. The maximum absolute atomic E-state index is 12.8. The second kappa shape index (κ2) is 7.82. The van der Waals surface area contributed by atoms with Crippen LogP contribution in [0.4, 0.5) is 5.00 Å². The predicted molar refractivity (Wildman–Crippen MR) is 109 cm³/mol. The van der Waals surface area contributed by atoms with Crippen molar-refractivity contribution in [1.29, 1.82) is 0 Å². The van der Waals surface area contributed by atoms with E-state index < -0.39 is 0 Å². The molecule has 6 heteroatoms. The van der Waals surface area contributed by atoms with Gasteiger partial charge in [0, 0.05) is 23.7 Å². The maximum atomic E-state index is 12.8. The molecule has 2 fully saturated rings. The molecule has 2 aromatic rings. The van der Waals surface area contributed by atoms with Crippen molar-refractivity contribution >= 4 is 28.2 Å². The summed E-state index contributed by atoms with van der Waals surface area (Å²) in [4.78, 5) is 25.3. The highest BCUT2D eigenvalue weighted by molar-refractivity contribution is 7.14. The fourth-order valence-corrected chi connectivity index (χ4v) is 4.87. The summed E-state index contributed by atoms with van der Waals surface area (Å²) in [6.45, 7) is 2.08. The minimum Gasteiger partial charge on any atom is -0.349 e. The zero-order valence-electron chi connectivity index (χ0n) is 15.5. The molecule has 0 saturated carbocycles. The van der Waals surface area contributed by atoms with Crippen molar-refractivity contribution in [2.24, 2.45) is 0 Å². The number of fused-ring (bicyclic) bond motifs is 2. The van der Waals surface area contributed by atoms with Gasteiger partial charge in [0.25, 0.3) is 11.8 Å². The fraction of sp³-hybridized carbons (Fsp3) is 0.429. The van der Waals surface area contributed by atoms with E-state index in [1.807, 2.05) is 29.6 Å². The summed E-state index contributed by atoms with van der Waals surface area (Å²) < 4.78 is 0. The number of carbonyl (C=O) groups is 2. The smallest absolute Gasteiger partial charge is 0.256 e. The molecule has 2 bridgehead atoms. The summed E-state index contributed by atoms with van der Waals surface area (Å²) in [5.74, 6) is -0.284. The van der Waals surface area contributed by atoms with Crippen molar-refractivity contribution in [3.8, 4) is 0 Å². The van der Waals surface area contributed by atoms with Gasteiger partial charge in [0.15, 0.2) is 0 Å². The van der Waals surface area contributed by atoms with E-state index in [0.717, 1.165) is 19.3 Å². The molecule has 3 heterocycles. The zero-order valence-corrected chi connectivity index (χ0v) is 16.3. The first-order valence-electron chi connectivity index (χ1n) is 9.67. The molecule has 0 aliphatic carbocycles. The van der Waals surface area contributed by atoms with Crippen LogP contribution in [0.25, 0.3) is 0 Å². The van der Waals surface area contributed by atoms with Gasteiger partial charge < -0.3 is 16.0 Å². The molecule has 142 valence electrons. The van der Waals surface area contributed by atoms with Crippen molar-refractivity contribution in [3.63, 3.8) is 0 Å². The Labute approximate surface area is 163 Å². The van der Waals surface area contributed by atoms with Crippen LogP contribution in [-0.2, 0) is 6.42 Å². The first-order valence-corrected chi connectivity index (χ1v) is 10.5. The van der Waals surface area contributed by atoms with Crippen LogP contribution in [0.5, 0.6) is 0 Å². The number of hydrogen-bond donors (Lipinski definition) is 3. The number of benzene rings is 1. The molecule has 2 amide bonds. The van der Waals surface area contributed by atoms with E-state index in [2.05, 4.69) is 22.9 Å². The van der Waals surface area contributed by atoms with Crippen molar-refractivity contribution in [2.75, 3.05) is 5.32 Å². The van der Waals surface area contributed by atoms with Crippen molar-refractivity contribution < 1.29 is 9.59 Å². The standard InChI is InChI=1S/C21H25N3O2S/c1-2-13-3-5-14(6-4-13)19(25)24-21-18(9-10-27-21)20(26)23-17-11-15-7-8-16(12-17)22-15/h3-6,9-10,15-17,22H,2,7-8,11-12H2,1H3,(H,23,26)(H,24,25). The van der Waals surface area contributed by atoms with Crippen LogP contribution in [0.1, 0.15) is 58.9 Å². The number of carbonyl (C=O) groups excluding carboxylic acids is 2. The van der Waals surface area contributed by atoms with Gasteiger partial charge in [0.2, 0.25) is 0 Å². The first kappa shape index (κ1) is 18.2. The third-order valence-electron chi connectivity index (χ3n) is 5.57. The van der Waals surface area contributed by atoms with Crippen LogP contribution in [0.15, 0.2) is 35.7 Å². The van der Waals surface area contributed by atoms with Gasteiger partial charge in [-0.15, -0.1) is 11.3 Å². The average molecular weight is 384 g/mol. The van der Waals surface area contributed by atoms with Gasteiger partial charge in [-0.05, 0) is 61.2 Å². The number of thiophene rings is 1. The van der Waals surface area contributed by atoms with Gasteiger partial charge >= 0.3 is 0 Å². The maximum Gasteiger partial charge on any atom is 0.256 e. The van der Waals surface area contributed by atoms with Crippen LogP contribution < -0.4 is 16.0 Å². The second-order valence-electron chi connectivity index (χ2n) is 7.45. The van der Waals surface area contributed by atoms with Gasteiger partial charge in [0.1, 0.15) is 5.00 Å². The Kier molecular flexibility index (Phi) is 5.27. The summed E-state index contributed by atoms with van der Waals surface area (Å²) in [6.07, 6.45) is 5.31. The molecule has 2 aliphatic rings. The van der Waals surface area contributed by atoms with Gasteiger partial charge in [0.05, 0.1) is 5.56 Å². The number of aryl methyl sites for hydroxylation is 1. The summed E-state index contributed by atoms with van der Waals surface area (Å²) >= 11 is 1.38. The Morgan fingerprint density at radius 2 is 1.78 bits per heavy atom. The van der Waals surface area contributed by atoms with Crippen molar-refractivity contribution in [2.45, 2.75) is 57.2 Å². The van der Waals surface area contributed by atoms with E-state index in [1.165, 1.54) is 29.7 Å². The van der Waals surface area contributed by atoms with Crippen LogP contribution in [0.2, 0.25) is 0 Å². The molecule has 0 spiro atoms. The molecule has 2 unspecified atom stereocenters. The molecule has 4 rings (SSSR count). The van der Waals surface area contributed by atoms with Crippen LogP contribution in [-0.4, -0.2) is 29.9 Å². The Morgan fingerprint density at radius 3 is 2.44 bits per heavy atom. The lowest BCUT2D eigenvalue weighted by Crippen LogP contribution is -2.48. The summed E-state index contributed by atoms with van der Waals surface area (Å²) in [6, 6.07) is 10.6. The third kappa shape index (κ3) is 4.06. The Bertz CT molecular complexity index is 818. The molecule has 1 aromatic heterocycles. The average Bonchev–Trinajstić information content (AvgIpc) is 3.27. The van der Waals surface area contributed by atoms with E-state index in [-0.39, 0.29) is 17.9 Å². The van der Waals surface area contributed by atoms with E-state index >= 15 is 0 Å². The number of piperidine rings is 1. The fourth-order valence-electron chi connectivity index (χ4n) is 4.09. The molecule has 27 heavy (non-hydrogen) atoms. The molecular weight excluding hydrogens is 358 g/mol. The van der Waals surface area contributed by atoms with Gasteiger partial charge in [-0.1, -0.05) is 19.1 Å². The number of amides is 2. The lowest BCUT2D eigenvalue weighted by atomic mass is 9.99. The van der Waals surface area contributed by atoms with Crippen LogP contribution in [0, 0.1) is 0 Å². The third-order valence-corrected chi connectivity index (χ3v) is 6.40. The molecule has 2 atom stereocenters. The molecule has 3 N–H and O–H groups in total. The molecule has 1 aromatic carbocycles. The largest absolute Gasteiger partial charge is 0.349 e. The van der Waals surface area contributed by atoms with E-state index in [9.17, 15) is 9.59 Å². The van der Waals surface area contributed by atoms with Gasteiger partial charge in [-0.3, -0.25) is 9.59 Å². The van der Waals surface area contributed by atoms with Gasteiger partial charge in [-0.2, -0.15) is 0 Å². The van der Waals surface area contributed by atoms with Gasteiger partial charge in [-0.25, -0.2) is 0 Å². The monoisotopic (exact) mass is 383 g/mol. The van der Waals surface area contributed by atoms with E-state index in [4.69, 9.17) is 0 Å². The van der Waals surface area contributed by atoms with Crippen LogP contribution >= 0.6 is 11.3 Å². The highest BCUT2D eigenvalue weighted by Crippen LogP contribution is 2.28. The van der Waals surface area contributed by atoms with Crippen LogP contribution in [0.3, 0.4) is 0 Å². The SMILES string of the molecule is CCc1ccc(C(=O)Nc2sccc2C(=O)NC2CC3CCC(C2)N3)cc1. The molecule has 2 aliphatic heterocycles. The van der Waals surface area contributed by atoms with Crippen molar-refractivity contribution in [3.05, 3.63) is 52.4 Å².